The van der Waals surface area contributed by atoms with Gasteiger partial charge in [0.2, 0.25) is 0 Å². The van der Waals surface area contributed by atoms with Crippen LogP contribution in [0, 0.1) is 0 Å². The molecule has 0 aliphatic carbocycles. The van der Waals surface area contributed by atoms with E-state index in [1.165, 1.54) is 5.57 Å². The quantitative estimate of drug-likeness (QED) is 0.680. The zero-order valence-electron chi connectivity index (χ0n) is 9.29. The van der Waals surface area contributed by atoms with E-state index in [4.69, 9.17) is 4.74 Å². The maximum atomic E-state index is 5.51. The van der Waals surface area contributed by atoms with Crippen LogP contribution in [0.2, 0.25) is 0 Å². The minimum Gasteiger partial charge on any atom is -0.496 e. The molecule has 2 nitrogen and oxygen atoms in total. The van der Waals surface area contributed by atoms with Crippen LogP contribution in [0.5, 0.6) is 0 Å². The molecule has 0 saturated carbocycles. The average Bonchev–Trinajstić information content (AvgIpc) is 2.14. The van der Waals surface area contributed by atoms with E-state index in [1.54, 1.807) is 0 Å². The second-order valence-electron chi connectivity index (χ2n) is 3.40. The zero-order chi connectivity index (χ0) is 10.4. The largest absolute Gasteiger partial charge is 0.496 e. The van der Waals surface area contributed by atoms with Gasteiger partial charge < -0.3 is 9.64 Å². The molecule has 0 fully saturated rings. The van der Waals surface area contributed by atoms with E-state index in [0.717, 1.165) is 25.3 Å². The molecule has 0 amide bonds. The normalized spacial score (nSPS) is 16.9. The van der Waals surface area contributed by atoms with Gasteiger partial charge in [-0.15, -0.1) is 0 Å². The highest BCUT2D eigenvalue weighted by atomic mass is 16.5. The lowest BCUT2D eigenvalue weighted by Gasteiger charge is -2.22. The van der Waals surface area contributed by atoms with E-state index in [0.29, 0.717) is 0 Å². The highest BCUT2D eigenvalue weighted by Crippen LogP contribution is 2.14. The molecule has 0 spiro atoms. The monoisotopic (exact) mass is 193 g/mol. The SMILES string of the molecule is CC/C=C/C1=CN(C)CC(OCC)=C1. The Bertz CT molecular complexity index is 263. The van der Waals surface area contributed by atoms with Crippen molar-refractivity contribution in [1.82, 2.24) is 4.90 Å². The molecule has 0 saturated heterocycles. The molecule has 1 aliphatic rings. The van der Waals surface area contributed by atoms with Crippen molar-refractivity contribution in [3.8, 4) is 0 Å². The Morgan fingerprint density at radius 3 is 2.93 bits per heavy atom. The number of rotatable bonds is 4. The lowest BCUT2D eigenvalue weighted by molar-refractivity contribution is 0.203. The van der Waals surface area contributed by atoms with Gasteiger partial charge in [-0.05, 0) is 25.0 Å². The van der Waals surface area contributed by atoms with Gasteiger partial charge >= 0.3 is 0 Å². The summed E-state index contributed by atoms with van der Waals surface area (Å²) in [6.45, 7) is 5.76. The van der Waals surface area contributed by atoms with Crippen LogP contribution >= 0.6 is 0 Å². The molecule has 78 valence electrons. The van der Waals surface area contributed by atoms with Gasteiger partial charge in [-0.1, -0.05) is 19.1 Å². The van der Waals surface area contributed by atoms with Gasteiger partial charge in [0.15, 0.2) is 0 Å². The second-order valence-corrected chi connectivity index (χ2v) is 3.40. The first-order chi connectivity index (χ1) is 6.76. The molecule has 14 heavy (non-hydrogen) atoms. The third kappa shape index (κ3) is 3.29. The summed E-state index contributed by atoms with van der Waals surface area (Å²) in [5.74, 6) is 1.05. The van der Waals surface area contributed by atoms with Crippen molar-refractivity contribution < 1.29 is 4.74 Å². The molecular formula is C12H19NO. The predicted molar refractivity (Wildman–Crippen MR) is 59.9 cm³/mol. The summed E-state index contributed by atoms with van der Waals surface area (Å²) in [5, 5.41) is 0. The van der Waals surface area contributed by atoms with Crippen LogP contribution in [0.4, 0.5) is 0 Å². The minimum atomic E-state index is 0.741. The van der Waals surface area contributed by atoms with Crippen LogP contribution in [0.1, 0.15) is 20.3 Å². The molecule has 1 aliphatic heterocycles. The molecule has 0 N–H and O–H groups in total. The highest BCUT2D eigenvalue weighted by molar-refractivity contribution is 5.34. The lowest BCUT2D eigenvalue weighted by Crippen LogP contribution is -2.19. The molecule has 0 aromatic rings. The Labute approximate surface area is 86.6 Å². The fraction of sp³-hybridized carbons (Fsp3) is 0.500. The summed E-state index contributed by atoms with van der Waals surface area (Å²) < 4.78 is 5.51. The first-order valence-electron chi connectivity index (χ1n) is 5.18. The fourth-order valence-electron chi connectivity index (χ4n) is 1.43. The number of hydrogen-bond acceptors (Lipinski definition) is 2. The summed E-state index contributed by atoms with van der Waals surface area (Å²) in [6, 6.07) is 0. The Hall–Kier alpha value is -1.18. The topological polar surface area (TPSA) is 12.5 Å². The van der Waals surface area contributed by atoms with Gasteiger partial charge in [0.1, 0.15) is 5.76 Å². The van der Waals surface area contributed by atoms with Crippen molar-refractivity contribution in [2.45, 2.75) is 20.3 Å². The Balaban J connectivity index is 2.68. The predicted octanol–water partition coefficient (Wildman–Crippen LogP) is 2.70. The first-order valence-corrected chi connectivity index (χ1v) is 5.18. The molecule has 0 atom stereocenters. The highest BCUT2D eigenvalue weighted by Gasteiger charge is 2.07. The molecule has 1 rings (SSSR count). The van der Waals surface area contributed by atoms with Gasteiger partial charge in [0.25, 0.3) is 0 Å². The third-order valence-electron chi connectivity index (χ3n) is 1.98. The van der Waals surface area contributed by atoms with Crippen molar-refractivity contribution in [2.75, 3.05) is 20.2 Å². The number of likely N-dealkylation sites (N-methyl/N-ethyl adjacent to an activating group) is 1. The average molecular weight is 193 g/mol. The number of nitrogens with zero attached hydrogens (tertiary/aromatic N) is 1. The Morgan fingerprint density at radius 1 is 1.50 bits per heavy atom. The van der Waals surface area contributed by atoms with E-state index in [9.17, 15) is 0 Å². The maximum Gasteiger partial charge on any atom is 0.116 e. The number of ether oxygens (including phenoxy) is 1. The zero-order valence-corrected chi connectivity index (χ0v) is 9.29. The summed E-state index contributed by atoms with van der Waals surface area (Å²) in [4.78, 5) is 2.14. The van der Waals surface area contributed by atoms with Crippen LogP contribution in [-0.4, -0.2) is 25.1 Å². The fourth-order valence-corrected chi connectivity index (χ4v) is 1.43. The van der Waals surface area contributed by atoms with E-state index in [1.807, 2.05) is 6.92 Å². The second kappa shape index (κ2) is 5.53. The maximum absolute atomic E-state index is 5.51. The minimum absolute atomic E-state index is 0.741. The third-order valence-corrected chi connectivity index (χ3v) is 1.98. The molecule has 1 heterocycles. The summed E-state index contributed by atoms with van der Waals surface area (Å²) in [5.41, 5.74) is 1.21. The summed E-state index contributed by atoms with van der Waals surface area (Å²) in [7, 11) is 2.06. The van der Waals surface area contributed by atoms with E-state index < -0.39 is 0 Å². The molecular weight excluding hydrogens is 174 g/mol. The van der Waals surface area contributed by atoms with Gasteiger partial charge in [-0.25, -0.2) is 0 Å². The molecule has 2 heteroatoms. The van der Waals surface area contributed by atoms with Crippen molar-refractivity contribution in [3.63, 3.8) is 0 Å². The van der Waals surface area contributed by atoms with Crippen LogP contribution in [-0.2, 0) is 4.74 Å². The van der Waals surface area contributed by atoms with Crippen LogP contribution in [0.3, 0.4) is 0 Å². The van der Waals surface area contributed by atoms with Crippen molar-refractivity contribution in [2.24, 2.45) is 0 Å². The molecule has 0 aromatic carbocycles. The van der Waals surface area contributed by atoms with Crippen molar-refractivity contribution >= 4 is 0 Å². The Morgan fingerprint density at radius 2 is 2.29 bits per heavy atom. The molecule has 0 unspecified atom stereocenters. The van der Waals surface area contributed by atoms with E-state index >= 15 is 0 Å². The molecule has 0 radical (unpaired) electrons. The van der Waals surface area contributed by atoms with Gasteiger partial charge in [-0.3, -0.25) is 0 Å². The smallest absolute Gasteiger partial charge is 0.116 e. The van der Waals surface area contributed by atoms with Crippen molar-refractivity contribution in [3.05, 3.63) is 35.8 Å². The summed E-state index contributed by atoms with van der Waals surface area (Å²) >= 11 is 0. The molecule has 0 aromatic heterocycles. The van der Waals surface area contributed by atoms with E-state index in [2.05, 4.69) is 43.3 Å². The van der Waals surface area contributed by atoms with Gasteiger partial charge in [-0.2, -0.15) is 0 Å². The lowest BCUT2D eigenvalue weighted by atomic mass is 10.1. The van der Waals surface area contributed by atoms with Crippen LogP contribution in [0.25, 0.3) is 0 Å². The first kappa shape index (κ1) is 10.9. The van der Waals surface area contributed by atoms with Crippen LogP contribution in [0.15, 0.2) is 35.8 Å². The van der Waals surface area contributed by atoms with Gasteiger partial charge in [0.05, 0.1) is 13.2 Å². The summed E-state index contributed by atoms with van der Waals surface area (Å²) in [6.07, 6.45) is 9.60. The Kier molecular flexibility index (Phi) is 4.30. The van der Waals surface area contributed by atoms with Gasteiger partial charge in [0, 0.05) is 13.2 Å². The van der Waals surface area contributed by atoms with E-state index in [-0.39, 0.29) is 0 Å². The van der Waals surface area contributed by atoms with Crippen LogP contribution < -0.4 is 0 Å². The van der Waals surface area contributed by atoms with Crippen molar-refractivity contribution in [1.29, 1.82) is 0 Å². The standard InChI is InChI=1S/C12H19NO/c1-4-6-7-11-8-12(14-5-2)10-13(3)9-11/h6-9H,4-5,10H2,1-3H3/b7-6+. The number of hydrogen-bond donors (Lipinski definition) is 0. The molecule has 0 bridgehead atoms. The number of allylic oxidation sites excluding steroid dienone is 4.